The molecule has 0 saturated carbocycles. The molecule has 0 aliphatic heterocycles. The maximum absolute atomic E-state index is 11.9. The summed E-state index contributed by atoms with van der Waals surface area (Å²) >= 11 is 5.87. The fraction of sp³-hybridized carbons (Fsp3) is 0.462. The zero-order valence-electron chi connectivity index (χ0n) is 11.1. The average Bonchev–Trinajstić information content (AvgIpc) is 2.34. The van der Waals surface area contributed by atoms with Crippen molar-refractivity contribution >= 4 is 23.5 Å². The molecule has 0 spiro atoms. The molecule has 1 aromatic heterocycles. The highest BCUT2D eigenvalue weighted by Crippen LogP contribution is 2.17. The third-order valence-electron chi connectivity index (χ3n) is 2.66. The molecule has 104 valence electrons. The number of halogens is 1. The highest BCUT2D eigenvalue weighted by atomic mass is 35.5. The number of carbonyl (C=O) groups excluding carboxylic acids is 1. The fourth-order valence-corrected chi connectivity index (χ4v) is 1.59. The number of nitrogens with zero attached hydrogens (tertiary/aromatic N) is 1. The van der Waals surface area contributed by atoms with Crippen molar-refractivity contribution in [1.82, 2.24) is 10.3 Å². The number of hydrogen-bond acceptors (Lipinski definition) is 3. The number of nitrogens with one attached hydrogen (secondary N) is 1. The monoisotopic (exact) mass is 284 g/mol. The van der Waals surface area contributed by atoms with Gasteiger partial charge < -0.3 is 10.4 Å². The summed E-state index contributed by atoms with van der Waals surface area (Å²) in [5.41, 5.74) is 1.12. The molecule has 5 nitrogen and oxygen atoms in total. The van der Waals surface area contributed by atoms with Gasteiger partial charge in [0.05, 0.1) is 5.92 Å². The van der Waals surface area contributed by atoms with Crippen LogP contribution in [0.3, 0.4) is 0 Å². The van der Waals surface area contributed by atoms with Crippen molar-refractivity contribution in [3.63, 3.8) is 0 Å². The Morgan fingerprint density at radius 3 is 2.53 bits per heavy atom. The zero-order chi connectivity index (χ0) is 14.6. The molecule has 0 bridgehead atoms. The van der Waals surface area contributed by atoms with Gasteiger partial charge in [-0.15, -0.1) is 0 Å². The molecule has 2 N–H and O–H groups in total. The lowest BCUT2D eigenvalue weighted by atomic mass is 10.1. The summed E-state index contributed by atoms with van der Waals surface area (Å²) < 4.78 is 0. The topological polar surface area (TPSA) is 79.3 Å². The molecular formula is C13H17ClN2O3. The predicted octanol–water partition coefficient (Wildman–Crippen LogP) is 2.31. The van der Waals surface area contributed by atoms with E-state index in [1.165, 1.54) is 13.0 Å². The highest BCUT2D eigenvalue weighted by molar-refractivity contribution is 6.29. The minimum Gasteiger partial charge on any atom is -0.481 e. The number of amides is 1. The Morgan fingerprint density at radius 1 is 1.37 bits per heavy atom. The number of pyridine rings is 1. The Kier molecular flexibility index (Phi) is 5.30. The summed E-state index contributed by atoms with van der Waals surface area (Å²) in [6.45, 7) is 5.51. The van der Waals surface area contributed by atoms with E-state index in [0.29, 0.717) is 5.56 Å². The highest BCUT2D eigenvalue weighted by Gasteiger charge is 2.15. The molecule has 0 fully saturated rings. The van der Waals surface area contributed by atoms with Crippen LogP contribution in [0.2, 0.25) is 5.15 Å². The van der Waals surface area contributed by atoms with Crippen LogP contribution in [0, 0.1) is 5.92 Å². The van der Waals surface area contributed by atoms with Gasteiger partial charge in [0.25, 0.3) is 5.91 Å². The van der Waals surface area contributed by atoms with E-state index < -0.39 is 11.9 Å². The van der Waals surface area contributed by atoms with Gasteiger partial charge in [0.1, 0.15) is 5.15 Å². The van der Waals surface area contributed by atoms with E-state index in [4.69, 9.17) is 16.7 Å². The standard InChI is InChI=1S/C13H17ClN2O3/c1-7(2)10-4-9(5-11(14)16-10)12(17)15-6-8(3)13(18)19/h4-5,7-8H,6H2,1-3H3,(H,15,17)(H,18,19). The molecule has 0 saturated heterocycles. The second kappa shape index (κ2) is 6.52. The molecule has 6 heteroatoms. The molecular weight excluding hydrogens is 268 g/mol. The Hall–Kier alpha value is -1.62. The first-order valence-corrected chi connectivity index (χ1v) is 6.37. The van der Waals surface area contributed by atoms with Crippen LogP contribution < -0.4 is 5.32 Å². The van der Waals surface area contributed by atoms with Crippen LogP contribution in [0.4, 0.5) is 0 Å². The van der Waals surface area contributed by atoms with Gasteiger partial charge >= 0.3 is 5.97 Å². The molecule has 1 aromatic rings. The van der Waals surface area contributed by atoms with Crippen LogP contribution in [0.25, 0.3) is 0 Å². The summed E-state index contributed by atoms with van der Waals surface area (Å²) in [7, 11) is 0. The Labute approximate surface area is 117 Å². The number of aromatic nitrogens is 1. The summed E-state index contributed by atoms with van der Waals surface area (Å²) in [6, 6.07) is 3.13. The van der Waals surface area contributed by atoms with E-state index in [-0.39, 0.29) is 23.5 Å². The summed E-state index contributed by atoms with van der Waals surface area (Å²) in [5.74, 6) is -1.77. The van der Waals surface area contributed by atoms with Crippen molar-refractivity contribution in [1.29, 1.82) is 0 Å². The van der Waals surface area contributed by atoms with E-state index in [1.807, 2.05) is 13.8 Å². The third-order valence-corrected chi connectivity index (χ3v) is 2.85. The van der Waals surface area contributed by atoms with E-state index in [9.17, 15) is 9.59 Å². The maximum atomic E-state index is 11.9. The molecule has 1 amide bonds. The van der Waals surface area contributed by atoms with Gasteiger partial charge in [-0.1, -0.05) is 32.4 Å². The molecule has 1 rings (SSSR count). The van der Waals surface area contributed by atoms with Crippen molar-refractivity contribution in [2.24, 2.45) is 5.92 Å². The van der Waals surface area contributed by atoms with Crippen molar-refractivity contribution in [3.05, 3.63) is 28.5 Å². The van der Waals surface area contributed by atoms with Crippen molar-refractivity contribution in [3.8, 4) is 0 Å². The average molecular weight is 285 g/mol. The molecule has 19 heavy (non-hydrogen) atoms. The number of carboxylic acid groups (broad SMARTS) is 1. The van der Waals surface area contributed by atoms with Gasteiger partial charge in [0, 0.05) is 17.8 Å². The molecule has 0 radical (unpaired) electrons. The van der Waals surface area contributed by atoms with E-state index in [2.05, 4.69) is 10.3 Å². The lowest BCUT2D eigenvalue weighted by molar-refractivity contribution is -0.140. The summed E-state index contributed by atoms with van der Waals surface area (Å²) in [5, 5.41) is 11.6. The van der Waals surface area contributed by atoms with Crippen LogP contribution in [-0.4, -0.2) is 28.5 Å². The molecule has 1 heterocycles. The maximum Gasteiger partial charge on any atom is 0.308 e. The normalized spacial score (nSPS) is 12.3. The summed E-state index contributed by atoms with van der Waals surface area (Å²) in [6.07, 6.45) is 0. The lowest BCUT2D eigenvalue weighted by Crippen LogP contribution is -2.31. The van der Waals surface area contributed by atoms with E-state index in [1.54, 1.807) is 6.07 Å². The number of carboxylic acids is 1. The van der Waals surface area contributed by atoms with Gasteiger partial charge in [-0.25, -0.2) is 4.98 Å². The first kappa shape index (κ1) is 15.4. The number of aliphatic carboxylic acids is 1. The van der Waals surface area contributed by atoms with Gasteiger partial charge in [-0.3, -0.25) is 9.59 Å². The van der Waals surface area contributed by atoms with Crippen LogP contribution >= 0.6 is 11.6 Å². The van der Waals surface area contributed by atoms with Crippen LogP contribution in [0.1, 0.15) is 42.7 Å². The number of carbonyl (C=O) groups is 2. The Bertz CT molecular complexity index is 489. The minimum atomic E-state index is -0.948. The molecule has 0 aliphatic rings. The minimum absolute atomic E-state index is 0.0745. The van der Waals surface area contributed by atoms with Crippen molar-refractivity contribution < 1.29 is 14.7 Å². The van der Waals surface area contributed by atoms with Crippen LogP contribution in [0.15, 0.2) is 12.1 Å². The van der Waals surface area contributed by atoms with Gasteiger partial charge in [-0.2, -0.15) is 0 Å². The fourth-order valence-electron chi connectivity index (χ4n) is 1.38. The number of hydrogen-bond donors (Lipinski definition) is 2. The summed E-state index contributed by atoms with van der Waals surface area (Å²) in [4.78, 5) is 26.7. The first-order valence-electron chi connectivity index (χ1n) is 5.99. The quantitative estimate of drug-likeness (QED) is 0.813. The predicted molar refractivity (Wildman–Crippen MR) is 72.5 cm³/mol. The Morgan fingerprint density at radius 2 is 2.00 bits per heavy atom. The van der Waals surface area contributed by atoms with Crippen LogP contribution in [-0.2, 0) is 4.79 Å². The van der Waals surface area contributed by atoms with E-state index >= 15 is 0 Å². The molecule has 1 unspecified atom stereocenters. The first-order chi connectivity index (χ1) is 8.81. The van der Waals surface area contributed by atoms with Crippen LogP contribution in [0.5, 0.6) is 0 Å². The smallest absolute Gasteiger partial charge is 0.308 e. The van der Waals surface area contributed by atoms with Gasteiger partial charge in [-0.05, 0) is 18.1 Å². The van der Waals surface area contributed by atoms with Crippen molar-refractivity contribution in [2.75, 3.05) is 6.54 Å². The third kappa shape index (κ3) is 4.52. The molecule has 1 atom stereocenters. The Balaban J connectivity index is 2.79. The lowest BCUT2D eigenvalue weighted by Gasteiger charge is -2.10. The molecule has 0 aliphatic carbocycles. The van der Waals surface area contributed by atoms with E-state index in [0.717, 1.165) is 5.69 Å². The second-order valence-corrected chi connectivity index (χ2v) is 5.09. The SMILES string of the molecule is CC(CNC(=O)c1cc(Cl)nc(C(C)C)c1)C(=O)O. The zero-order valence-corrected chi connectivity index (χ0v) is 11.9. The molecule has 0 aromatic carbocycles. The van der Waals surface area contributed by atoms with Gasteiger partial charge in [0.15, 0.2) is 0 Å². The second-order valence-electron chi connectivity index (χ2n) is 4.71. The largest absolute Gasteiger partial charge is 0.481 e. The number of rotatable bonds is 5. The van der Waals surface area contributed by atoms with Gasteiger partial charge in [0.2, 0.25) is 0 Å². The van der Waals surface area contributed by atoms with Crippen molar-refractivity contribution in [2.45, 2.75) is 26.7 Å².